The number of rotatable bonds is 6. The van der Waals surface area contributed by atoms with Gasteiger partial charge in [-0.25, -0.2) is 19.2 Å². The number of hydrogen-bond donors (Lipinski definition) is 3. The van der Waals surface area contributed by atoms with Crippen LogP contribution in [0.25, 0.3) is 11.0 Å². The van der Waals surface area contributed by atoms with E-state index >= 15 is 0 Å². The van der Waals surface area contributed by atoms with Crippen molar-refractivity contribution < 1.29 is 17.9 Å². The number of H-pyrrole nitrogens is 1. The molecule has 3 N–H and O–H groups in total. The average Bonchev–Trinajstić information content (AvgIpc) is 3.01. The minimum absolute atomic E-state index is 0.00282. The van der Waals surface area contributed by atoms with Gasteiger partial charge in [-0.05, 0) is 35.1 Å². The SMILES string of the molecule is CC(C)c1cccc(C(C)C)c1OC(=O)NS(=O)(=O)Nc1nc2ccccc2[nH]1. The summed E-state index contributed by atoms with van der Waals surface area (Å²) in [7, 11) is -4.24. The second-order valence-corrected chi connectivity index (χ2v) is 8.69. The van der Waals surface area contributed by atoms with Crippen LogP contribution in [-0.2, 0) is 10.2 Å². The molecule has 0 unspecified atom stereocenters. The van der Waals surface area contributed by atoms with Gasteiger partial charge in [0, 0.05) is 0 Å². The monoisotopic (exact) mass is 416 g/mol. The Morgan fingerprint density at radius 3 is 2.21 bits per heavy atom. The van der Waals surface area contributed by atoms with E-state index in [1.54, 1.807) is 24.3 Å². The molecule has 3 aromatic rings. The van der Waals surface area contributed by atoms with Gasteiger partial charge in [0.05, 0.1) is 11.0 Å². The zero-order chi connectivity index (χ0) is 21.2. The fourth-order valence-corrected chi connectivity index (χ4v) is 3.64. The third-order valence-corrected chi connectivity index (χ3v) is 5.25. The molecule has 0 atom stereocenters. The van der Waals surface area contributed by atoms with Crippen LogP contribution in [0.4, 0.5) is 10.7 Å². The molecule has 1 aromatic heterocycles. The molecule has 8 nitrogen and oxygen atoms in total. The number of aromatic amines is 1. The molecule has 3 rings (SSSR count). The maximum atomic E-state index is 12.4. The van der Waals surface area contributed by atoms with Gasteiger partial charge < -0.3 is 9.72 Å². The number of benzene rings is 2. The quantitative estimate of drug-likeness (QED) is 0.556. The van der Waals surface area contributed by atoms with Crippen LogP contribution in [0.5, 0.6) is 5.75 Å². The number of imidazole rings is 1. The van der Waals surface area contributed by atoms with E-state index in [-0.39, 0.29) is 17.8 Å². The number of hydrogen-bond acceptors (Lipinski definition) is 5. The number of aromatic nitrogens is 2. The normalized spacial score (nSPS) is 11.8. The summed E-state index contributed by atoms with van der Waals surface area (Å²) >= 11 is 0. The molecule has 0 fully saturated rings. The fraction of sp³-hybridized carbons (Fsp3) is 0.300. The van der Waals surface area contributed by atoms with E-state index in [2.05, 4.69) is 14.7 Å². The Kier molecular flexibility index (Phi) is 5.78. The van der Waals surface area contributed by atoms with Crippen molar-refractivity contribution in [2.45, 2.75) is 39.5 Å². The van der Waals surface area contributed by atoms with Gasteiger partial charge in [-0.15, -0.1) is 0 Å². The summed E-state index contributed by atoms with van der Waals surface area (Å²) in [6.45, 7) is 7.91. The molecular weight excluding hydrogens is 392 g/mol. The number of carbonyl (C=O) groups excluding carboxylic acids is 1. The summed E-state index contributed by atoms with van der Waals surface area (Å²) in [4.78, 5) is 19.3. The molecule has 9 heteroatoms. The van der Waals surface area contributed by atoms with Crippen molar-refractivity contribution in [3.05, 3.63) is 53.6 Å². The molecular formula is C20H24N4O4S. The predicted molar refractivity (Wildman–Crippen MR) is 112 cm³/mol. The molecule has 0 spiro atoms. The minimum Gasteiger partial charge on any atom is -0.409 e. The van der Waals surface area contributed by atoms with Crippen molar-refractivity contribution in [2.75, 3.05) is 4.72 Å². The van der Waals surface area contributed by atoms with Crippen molar-refractivity contribution in [3.8, 4) is 5.75 Å². The lowest BCUT2D eigenvalue weighted by atomic mass is 9.94. The van der Waals surface area contributed by atoms with Crippen molar-refractivity contribution in [2.24, 2.45) is 0 Å². The first-order chi connectivity index (χ1) is 13.7. The largest absolute Gasteiger partial charge is 0.427 e. The Balaban J connectivity index is 1.78. The Morgan fingerprint density at radius 2 is 1.62 bits per heavy atom. The first-order valence-corrected chi connectivity index (χ1v) is 10.7. The maximum Gasteiger partial charge on any atom is 0.427 e. The van der Waals surface area contributed by atoms with Gasteiger partial charge in [0.1, 0.15) is 5.75 Å². The Labute approximate surface area is 169 Å². The topological polar surface area (TPSA) is 113 Å². The third-order valence-electron chi connectivity index (χ3n) is 4.35. The molecule has 0 saturated carbocycles. The number of amides is 1. The number of para-hydroxylation sites is 3. The molecule has 29 heavy (non-hydrogen) atoms. The summed E-state index contributed by atoms with van der Waals surface area (Å²) in [5.74, 6) is 0.578. The van der Waals surface area contributed by atoms with Gasteiger partial charge in [0.25, 0.3) is 0 Å². The van der Waals surface area contributed by atoms with Crippen molar-refractivity contribution in [1.29, 1.82) is 0 Å². The van der Waals surface area contributed by atoms with Crippen LogP contribution in [0.2, 0.25) is 0 Å². The molecule has 1 heterocycles. The van der Waals surface area contributed by atoms with Crippen LogP contribution in [0.15, 0.2) is 42.5 Å². The molecule has 0 aliphatic rings. The lowest BCUT2D eigenvalue weighted by Crippen LogP contribution is -2.37. The number of ether oxygens (including phenoxy) is 1. The van der Waals surface area contributed by atoms with E-state index < -0.39 is 16.3 Å². The van der Waals surface area contributed by atoms with Gasteiger partial charge in [-0.3, -0.25) is 0 Å². The minimum atomic E-state index is -4.24. The number of carbonyl (C=O) groups is 1. The van der Waals surface area contributed by atoms with E-state index in [1.807, 2.05) is 50.6 Å². The number of nitrogens with one attached hydrogen (secondary N) is 3. The standard InChI is InChI=1S/C20H24N4O4S/c1-12(2)14-8-7-9-15(13(3)4)18(14)28-20(25)24-29(26,27)23-19-21-16-10-5-6-11-17(16)22-19/h5-13H,1-4H3,(H,24,25)(H2,21,22,23). The third kappa shape index (κ3) is 4.86. The van der Waals surface area contributed by atoms with Gasteiger partial charge >= 0.3 is 16.3 Å². The smallest absolute Gasteiger partial charge is 0.409 e. The molecule has 2 aromatic carbocycles. The summed E-state index contributed by atoms with van der Waals surface area (Å²) in [5, 5.41) is 0. The van der Waals surface area contributed by atoms with E-state index in [9.17, 15) is 13.2 Å². The van der Waals surface area contributed by atoms with Crippen molar-refractivity contribution in [3.63, 3.8) is 0 Å². The summed E-state index contributed by atoms with van der Waals surface area (Å²) in [6.07, 6.45) is -1.09. The molecule has 0 bridgehead atoms. The lowest BCUT2D eigenvalue weighted by Gasteiger charge is -2.19. The van der Waals surface area contributed by atoms with Crippen molar-refractivity contribution in [1.82, 2.24) is 14.7 Å². The number of anilines is 1. The van der Waals surface area contributed by atoms with E-state index in [1.165, 1.54) is 0 Å². The summed E-state index contributed by atoms with van der Waals surface area (Å²) in [5.41, 5.74) is 2.92. The van der Waals surface area contributed by atoms with Crippen LogP contribution in [0.1, 0.15) is 50.7 Å². The molecule has 0 aliphatic carbocycles. The molecule has 0 saturated heterocycles. The highest BCUT2D eigenvalue weighted by atomic mass is 32.2. The van der Waals surface area contributed by atoms with E-state index in [0.717, 1.165) is 11.1 Å². The average molecular weight is 417 g/mol. The molecule has 0 radical (unpaired) electrons. The zero-order valence-corrected chi connectivity index (χ0v) is 17.5. The highest BCUT2D eigenvalue weighted by Crippen LogP contribution is 2.34. The predicted octanol–water partition coefficient (Wildman–Crippen LogP) is 4.26. The van der Waals surface area contributed by atoms with Gasteiger partial charge in [-0.2, -0.15) is 8.42 Å². The molecule has 0 aliphatic heterocycles. The second-order valence-electron chi connectivity index (χ2n) is 7.27. The van der Waals surface area contributed by atoms with E-state index in [4.69, 9.17) is 4.74 Å². The van der Waals surface area contributed by atoms with Crippen LogP contribution >= 0.6 is 0 Å². The van der Waals surface area contributed by atoms with E-state index in [0.29, 0.717) is 16.8 Å². The first kappa shape index (κ1) is 20.7. The van der Waals surface area contributed by atoms with Crippen LogP contribution < -0.4 is 14.2 Å². The Bertz CT molecular complexity index is 1080. The number of nitrogens with zero attached hydrogens (tertiary/aromatic N) is 1. The summed E-state index contributed by atoms with van der Waals surface area (Å²) < 4.78 is 34.2. The fourth-order valence-electron chi connectivity index (χ4n) is 2.98. The van der Waals surface area contributed by atoms with Gasteiger partial charge in [0.2, 0.25) is 5.95 Å². The first-order valence-electron chi connectivity index (χ1n) is 9.26. The van der Waals surface area contributed by atoms with Crippen molar-refractivity contribution >= 4 is 33.3 Å². The molecule has 1 amide bonds. The number of fused-ring (bicyclic) bond motifs is 1. The van der Waals surface area contributed by atoms with Crippen LogP contribution in [0, 0.1) is 0 Å². The lowest BCUT2D eigenvalue weighted by molar-refractivity contribution is 0.205. The van der Waals surface area contributed by atoms with Gasteiger partial charge in [0.15, 0.2) is 0 Å². The highest BCUT2D eigenvalue weighted by molar-refractivity contribution is 7.91. The van der Waals surface area contributed by atoms with Crippen LogP contribution in [-0.4, -0.2) is 24.5 Å². The second kappa shape index (κ2) is 8.12. The molecule has 154 valence electrons. The summed E-state index contributed by atoms with van der Waals surface area (Å²) in [6, 6.07) is 12.7. The van der Waals surface area contributed by atoms with Crippen LogP contribution in [0.3, 0.4) is 0 Å². The van der Waals surface area contributed by atoms with Gasteiger partial charge in [-0.1, -0.05) is 58.0 Å². The Hall–Kier alpha value is -3.07. The zero-order valence-electron chi connectivity index (χ0n) is 16.7. The highest BCUT2D eigenvalue weighted by Gasteiger charge is 2.22. The Morgan fingerprint density at radius 1 is 1.00 bits per heavy atom. The maximum absolute atomic E-state index is 12.4.